The lowest BCUT2D eigenvalue weighted by Gasteiger charge is -2.36. The summed E-state index contributed by atoms with van der Waals surface area (Å²) in [5.74, 6) is -3.74. The average molecular weight is 594 g/mol. The first-order valence-corrected chi connectivity index (χ1v) is 15.1. The minimum absolute atomic E-state index is 0.00314. The lowest BCUT2D eigenvalue weighted by atomic mass is 9.85. The minimum Gasteiger partial charge on any atom is -0.464 e. The summed E-state index contributed by atoms with van der Waals surface area (Å²) in [5, 5.41) is 8.05. The Morgan fingerprint density at radius 2 is 1.64 bits per heavy atom. The first kappa shape index (κ1) is 35.0. The van der Waals surface area contributed by atoms with Crippen molar-refractivity contribution in [3.05, 3.63) is 0 Å². The minimum atomic E-state index is -1.13. The highest BCUT2D eigenvalue weighted by molar-refractivity contribution is 6.37. The first-order valence-electron chi connectivity index (χ1n) is 15.1. The van der Waals surface area contributed by atoms with E-state index in [2.05, 4.69) is 16.0 Å². The molecule has 12 heteroatoms. The van der Waals surface area contributed by atoms with Gasteiger partial charge in [-0.25, -0.2) is 9.59 Å². The molecule has 2 rings (SSSR count). The maximum absolute atomic E-state index is 13.8. The van der Waals surface area contributed by atoms with Gasteiger partial charge in [0.2, 0.25) is 17.6 Å². The Hall–Kier alpha value is -3.18. The Labute approximate surface area is 249 Å². The summed E-state index contributed by atoms with van der Waals surface area (Å²) in [6.45, 7) is 15.4. The van der Waals surface area contributed by atoms with Crippen molar-refractivity contribution >= 4 is 35.5 Å². The van der Waals surface area contributed by atoms with Crippen LogP contribution >= 0.6 is 0 Å². The van der Waals surface area contributed by atoms with E-state index in [4.69, 9.17) is 10.5 Å². The number of urea groups is 1. The smallest absolute Gasteiger partial charge is 0.328 e. The average Bonchev–Trinajstić information content (AvgIpc) is 3.43. The Morgan fingerprint density at radius 3 is 2.14 bits per heavy atom. The molecule has 5 N–H and O–H groups in total. The third-order valence-electron chi connectivity index (χ3n) is 8.31. The van der Waals surface area contributed by atoms with E-state index in [1.165, 1.54) is 4.90 Å². The molecule has 0 aromatic heterocycles. The van der Waals surface area contributed by atoms with E-state index < -0.39 is 65.1 Å². The van der Waals surface area contributed by atoms with Gasteiger partial charge in [0, 0.05) is 12.0 Å². The van der Waals surface area contributed by atoms with Gasteiger partial charge in [0.05, 0.1) is 12.6 Å². The third kappa shape index (κ3) is 9.69. The van der Waals surface area contributed by atoms with Gasteiger partial charge >= 0.3 is 12.0 Å². The zero-order valence-corrected chi connectivity index (χ0v) is 26.5. The number of ether oxygens (including phenoxy) is 1. The predicted molar refractivity (Wildman–Crippen MR) is 157 cm³/mol. The molecular formula is C30H51N5O7. The van der Waals surface area contributed by atoms with Gasteiger partial charge in [-0.3, -0.25) is 19.2 Å². The number of nitrogens with two attached hydrogens (primary N) is 1. The van der Waals surface area contributed by atoms with E-state index in [9.17, 15) is 28.8 Å². The van der Waals surface area contributed by atoms with Crippen LogP contribution in [0.5, 0.6) is 0 Å². The van der Waals surface area contributed by atoms with Crippen LogP contribution in [0.1, 0.15) is 93.9 Å². The van der Waals surface area contributed by atoms with Crippen LogP contribution in [0.2, 0.25) is 0 Å². The van der Waals surface area contributed by atoms with E-state index in [1.54, 1.807) is 34.6 Å². The van der Waals surface area contributed by atoms with Crippen molar-refractivity contribution in [1.29, 1.82) is 0 Å². The number of ketones is 1. The summed E-state index contributed by atoms with van der Waals surface area (Å²) in [6, 6.07) is -4.59. The lowest BCUT2D eigenvalue weighted by Crippen LogP contribution is -2.61. The molecule has 5 amide bonds. The van der Waals surface area contributed by atoms with Gasteiger partial charge in [-0.2, -0.15) is 0 Å². The topological polar surface area (TPSA) is 177 Å². The van der Waals surface area contributed by atoms with Gasteiger partial charge in [0.25, 0.3) is 5.91 Å². The molecule has 2 aliphatic rings. The molecule has 5 atom stereocenters. The van der Waals surface area contributed by atoms with Gasteiger partial charge in [0.15, 0.2) is 0 Å². The zero-order chi connectivity index (χ0) is 32.0. The van der Waals surface area contributed by atoms with Gasteiger partial charge in [-0.1, -0.05) is 61.8 Å². The normalized spacial score (nSPS) is 20.6. The SMILES string of the molecule is CCC(C)CC(NC(=O)C1CCCN1C(=O)C(NC(=O)NC(C(=O)OCC1(C)CC1)C(C)C)C(C)(C)C)C(=O)C(N)=O. The van der Waals surface area contributed by atoms with E-state index >= 15 is 0 Å². The Balaban J connectivity index is 2.15. The molecule has 1 heterocycles. The number of carbonyl (C=O) groups excluding carboxylic acids is 6. The fourth-order valence-electron chi connectivity index (χ4n) is 4.86. The number of rotatable bonds is 14. The lowest BCUT2D eigenvalue weighted by molar-refractivity contribution is -0.148. The van der Waals surface area contributed by atoms with Crippen molar-refractivity contribution in [2.75, 3.05) is 13.2 Å². The van der Waals surface area contributed by atoms with Crippen molar-refractivity contribution in [2.24, 2.45) is 28.4 Å². The Bertz CT molecular complexity index is 1030. The molecule has 2 fully saturated rings. The summed E-state index contributed by atoms with van der Waals surface area (Å²) in [7, 11) is 0. The maximum atomic E-state index is 13.8. The van der Waals surface area contributed by atoms with Crippen molar-refractivity contribution in [3.63, 3.8) is 0 Å². The molecule has 1 saturated heterocycles. The zero-order valence-electron chi connectivity index (χ0n) is 26.5. The number of carbonyl (C=O) groups is 6. The fourth-order valence-corrected chi connectivity index (χ4v) is 4.86. The Kier molecular flexibility index (Phi) is 11.9. The largest absolute Gasteiger partial charge is 0.464 e. The van der Waals surface area contributed by atoms with Gasteiger partial charge < -0.3 is 31.3 Å². The molecule has 0 bridgehead atoms. The van der Waals surface area contributed by atoms with Crippen LogP contribution in [0.15, 0.2) is 0 Å². The van der Waals surface area contributed by atoms with Crippen LogP contribution in [-0.4, -0.2) is 77.7 Å². The number of nitrogens with one attached hydrogen (secondary N) is 3. The molecule has 0 aromatic rings. The van der Waals surface area contributed by atoms with Crippen LogP contribution in [0.3, 0.4) is 0 Å². The molecule has 0 aromatic carbocycles. The quantitative estimate of drug-likeness (QED) is 0.176. The number of hydrogen-bond donors (Lipinski definition) is 4. The number of hydrogen-bond acceptors (Lipinski definition) is 7. The number of nitrogens with zero attached hydrogens (tertiary/aromatic N) is 1. The van der Waals surface area contributed by atoms with Crippen molar-refractivity contribution in [2.45, 2.75) is 118 Å². The highest BCUT2D eigenvalue weighted by atomic mass is 16.5. The van der Waals surface area contributed by atoms with Crippen LogP contribution < -0.4 is 21.7 Å². The van der Waals surface area contributed by atoms with Crippen molar-refractivity contribution in [1.82, 2.24) is 20.9 Å². The summed E-state index contributed by atoms with van der Waals surface area (Å²) in [5.41, 5.74) is 4.48. The van der Waals surface area contributed by atoms with Gasteiger partial charge in [-0.15, -0.1) is 0 Å². The third-order valence-corrected chi connectivity index (χ3v) is 8.31. The molecule has 12 nitrogen and oxygen atoms in total. The monoisotopic (exact) mass is 593 g/mol. The van der Waals surface area contributed by atoms with E-state index in [-0.39, 0.29) is 30.2 Å². The summed E-state index contributed by atoms with van der Waals surface area (Å²) in [4.78, 5) is 78.5. The summed E-state index contributed by atoms with van der Waals surface area (Å²) in [6.07, 6.45) is 3.88. The molecule has 0 radical (unpaired) electrons. The molecule has 238 valence electrons. The van der Waals surface area contributed by atoms with Gasteiger partial charge in [-0.05, 0) is 49.4 Å². The molecule has 0 spiro atoms. The number of likely N-dealkylation sites (tertiary alicyclic amines) is 1. The van der Waals surface area contributed by atoms with Crippen LogP contribution in [0, 0.1) is 22.7 Å². The number of Topliss-reactive ketones (excluding diaryl/α,β-unsaturated/α-hetero) is 1. The second kappa shape index (κ2) is 14.3. The number of amides is 5. The van der Waals surface area contributed by atoms with E-state index in [0.29, 0.717) is 19.4 Å². The highest BCUT2D eigenvalue weighted by Gasteiger charge is 2.43. The standard InChI is InChI=1S/C30H51N5O7/c1-9-18(4)15-19(22(36)24(31)37)32-25(38)20-11-10-14-35(20)26(39)23(29(5,6)7)34-28(41)33-21(17(2)3)27(40)42-16-30(8)12-13-30/h17-21,23H,9-16H2,1-8H3,(H2,31,37)(H,32,38)(H2,33,34,41). The van der Waals surface area contributed by atoms with Crippen molar-refractivity contribution < 1.29 is 33.5 Å². The molecule has 42 heavy (non-hydrogen) atoms. The molecule has 1 saturated carbocycles. The maximum Gasteiger partial charge on any atom is 0.328 e. The van der Waals surface area contributed by atoms with Crippen molar-refractivity contribution in [3.8, 4) is 0 Å². The van der Waals surface area contributed by atoms with Crippen LogP contribution in [0.4, 0.5) is 4.79 Å². The number of esters is 1. The summed E-state index contributed by atoms with van der Waals surface area (Å²) < 4.78 is 5.47. The predicted octanol–water partition coefficient (Wildman–Crippen LogP) is 2.03. The summed E-state index contributed by atoms with van der Waals surface area (Å²) >= 11 is 0. The molecular weight excluding hydrogens is 542 g/mol. The molecule has 1 aliphatic heterocycles. The van der Waals surface area contributed by atoms with Gasteiger partial charge in [0.1, 0.15) is 18.1 Å². The second-order valence-corrected chi connectivity index (χ2v) is 13.8. The molecule has 5 unspecified atom stereocenters. The Morgan fingerprint density at radius 1 is 1.02 bits per heavy atom. The number of primary amides is 1. The van der Waals surface area contributed by atoms with E-state index in [1.807, 2.05) is 20.8 Å². The fraction of sp³-hybridized carbons (Fsp3) is 0.800. The van der Waals surface area contributed by atoms with Crippen LogP contribution in [0.25, 0.3) is 0 Å². The highest BCUT2D eigenvalue weighted by Crippen LogP contribution is 2.45. The second-order valence-electron chi connectivity index (χ2n) is 13.8. The van der Waals surface area contributed by atoms with Crippen LogP contribution in [-0.2, 0) is 28.7 Å². The molecule has 1 aliphatic carbocycles. The first-order chi connectivity index (χ1) is 19.4. The van der Waals surface area contributed by atoms with E-state index in [0.717, 1.165) is 19.3 Å².